The van der Waals surface area contributed by atoms with Crippen LogP contribution < -0.4 is 31.8 Å². The van der Waals surface area contributed by atoms with Crippen LogP contribution in [0.15, 0.2) is 182 Å². The minimum absolute atomic E-state index is 0.398. The maximum atomic E-state index is 15.2. The molecule has 0 aliphatic heterocycles. The molecular formula is C36H30AlO6P3. The Labute approximate surface area is 274 Å². The molecule has 0 N–H and O–H groups in total. The lowest BCUT2D eigenvalue weighted by atomic mass is 10.4. The third kappa shape index (κ3) is 6.90. The van der Waals surface area contributed by atoms with Crippen molar-refractivity contribution in [1.29, 1.82) is 0 Å². The number of hydrogen-bond acceptors (Lipinski definition) is 6. The molecule has 6 aromatic rings. The standard InChI is InChI=1S/3C12H11O2P.Al/c3*13-15(14,11-7-3-1-4-8-11)12-9-5-2-6-10-12;/h3*1-10H,(H,13,14);/q;;;+3/p-3. The minimum Gasteiger partial charge on any atom is -0.398 e. The summed E-state index contributed by atoms with van der Waals surface area (Å²) in [6.45, 7) is 0. The highest BCUT2D eigenvalue weighted by Gasteiger charge is 2.52. The predicted molar refractivity (Wildman–Crippen MR) is 188 cm³/mol. The van der Waals surface area contributed by atoms with Gasteiger partial charge < -0.3 is 10.7 Å². The van der Waals surface area contributed by atoms with Crippen LogP contribution in [0.3, 0.4) is 0 Å². The van der Waals surface area contributed by atoms with E-state index < -0.39 is 37.3 Å². The van der Waals surface area contributed by atoms with E-state index in [2.05, 4.69) is 0 Å². The molecule has 6 rings (SSSR count). The van der Waals surface area contributed by atoms with Gasteiger partial charge in [0.25, 0.3) is 0 Å². The van der Waals surface area contributed by atoms with Crippen molar-refractivity contribution in [3.05, 3.63) is 182 Å². The molecule has 10 heteroatoms. The molecule has 0 radical (unpaired) electrons. The topological polar surface area (TPSA) is 78.9 Å². The molecule has 0 aliphatic carbocycles. The molecule has 0 saturated heterocycles. The van der Waals surface area contributed by atoms with E-state index in [4.69, 9.17) is 10.7 Å². The van der Waals surface area contributed by atoms with Gasteiger partial charge in [0.15, 0.2) is 0 Å². The largest absolute Gasteiger partial charge is 0.923 e. The molecule has 0 amide bonds. The van der Waals surface area contributed by atoms with Crippen molar-refractivity contribution in [3.8, 4) is 0 Å². The molecule has 46 heavy (non-hydrogen) atoms. The van der Waals surface area contributed by atoms with E-state index in [1.54, 1.807) is 146 Å². The molecule has 0 atom stereocenters. The lowest BCUT2D eigenvalue weighted by molar-refractivity contribution is 0.320. The summed E-state index contributed by atoms with van der Waals surface area (Å²) in [6.07, 6.45) is 0. The van der Waals surface area contributed by atoms with Crippen LogP contribution >= 0.6 is 22.1 Å². The van der Waals surface area contributed by atoms with Crippen molar-refractivity contribution in [2.45, 2.75) is 0 Å². The molecule has 0 fully saturated rings. The smallest absolute Gasteiger partial charge is 0.398 e. The van der Waals surface area contributed by atoms with Crippen molar-refractivity contribution in [2.75, 3.05) is 0 Å². The summed E-state index contributed by atoms with van der Waals surface area (Å²) in [5, 5.41) is 2.39. The van der Waals surface area contributed by atoms with Crippen LogP contribution in [0, 0.1) is 0 Å². The Balaban J connectivity index is 1.55. The number of hydrogen-bond donors (Lipinski definition) is 0. The van der Waals surface area contributed by atoms with Gasteiger partial charge in [-0.1, -0.05) is 109 Å². The maximum absolute atomic E-state index is 15.2. The van der Waals surface area contributed by atoms with Gasteiger partial charge in [0, 0.05) is 31.8 Å². The molecule has 0 aromatic heterocycles. The van der Waals surface area contributed by atoms with Gasteiger partial charge in [-0.15, -0.1) is 0 Å². The zero-order valence-corrected chi connectivity index (χ0v) is 28.5. The van der Waals surface area contributed by atoms with E-state index in [1.165, 1.54) is 0 Å². The fourth-order valence-electron chi connectivity index (χ4n) is 4.98. The van der Waals surface area contributed by atoms with Gasteiger partial charge in [-0.2, -0.15) is 0 Å². The van der Waals surface area contributed by atoms with Gasteiger partial charge >= 0.3 is 15.1 Å². The third-order valence-electron chi connectivity index (χ3n) is 7.28. The Morgan fingerprint density at radius 3 is 0.587 bits per heavy atom. The SMILES string of the molecule is O=P([O][Al]([O]P(=O)(c1ccccc1)c1ccccc1)[O]P(=O)(c1ccccc1)c1ccccc1)(c1ccccc1)c1ccccc1. The first-order valence-electron chi connectivity index (χ1n) is 14.6. The summed E-state index contributed by atoms with van der Waals surface area (Å²) in [5.74, 6) is 0. The second-order valence-corrected chi connectivity index (χ2v) is 19.8. The van der Waals surface area contributed by atoms with Gasteiger partial charge in [-0.3, -0.25) is 13.7 Å². The van der Waals surface area contributed by atoms with Crippen LogP contribution in [0.1, 0.15) is 0 Å². The first kappa shape index (κ1) is 32.4. The van der Waals surface area contributed by atoms with Crippen molar-refractivity contribution in [2.24, 2.45) is 0 Å². The highest BCUT2D eigenvalue weighted by Crippen LogP contribution is 2.54. The first-order chi connectivity index (χ1) is 22.4. The fraction of sp³-hybridized carbons (Fsp3) is 0. The van der Waals surface area contributed by atoms with Crippen molar-refractivity contribution in [3.63, 3.8) is 0 Å². The van der Waals surface area contributed by atoms with E-state index >= 15 is 13.7 Å². The van der Waals surface area contributed by atoms with Crippen LogP contribution in [-0.4, -0.2) is 15.1 Å². The van der Waals surface area contributed by atoms with Gasteiger partial charge in [0.1, 0.15) is 0 Å². The van der Waals surface area contributed by atoms with Gasteiger partial charge in [-0.05, 0) is 72.8 Å². The molecule has 6 aromatic carbocycles. The number of rotatable bonds is 12. The van der Waals surface area contributed by atoms with Crippen molar-refractivity contribution >= 4 is 69.1 Å². The molecule has 0 bridgehead atoms. The Bertz CT molecular complexity index is 1630. The summed E-state index contributed by atoms with van der Waals surface area (Å²) in [5.41, 5.74) is 0. The quantitative estimate of drug-likeness (QED) is 0.105. The second-order valence-electron chi connectivity index (χ2n) is 10.3. The molecule has 0 saturated carbocycles. The molecule has 0 aliphatic rings. The van der Waals surface area contributed by atoms with E-state index in [0.29, 0.717) is 31.8 Å². The lowest BCUT2D eigenvalue weighted by Crippen LogP contribution is -2.35. The molecule has 228 valence electrons. The zero-order chi connectivity index (χ0) is 31.9. The molecule has 0 heterocycles. The Kier molecular flexibility index (Phi) is 10.2. The Hall–Kier alpha value is -3.58. The van der Waals surface area contributed by atoms with E-state index in [-0.39, 0.29) is 0 Å². The van der Waals surface area contributed by atoms with Crippen LogP contribution in [0.2, 0.25) is 0 Å². The lowest BCUT2D eigenvalue weighted by Gasteiger charge is -2.29. The van der Waals surface area contributed by atoms with E-state index in [0.717, 1.165) is 0 Å². The predicted octanol–water partition coefficient (Wildman–Crippen LogP) is 6.81. The van der Waals surface area contributed by atoms with Crippen LogP contribution in [-0.2, 0) is 24.4 Å². The maximum Gasteiger partial charge on any atom is 0.923 e. The summed E-state index contributed by atoms with van der Waals surface area (Å²) in [4.78, 5) is 0. The summed E-state index contributed by atoms with van der Waals surface area (Å²) in [7, 11) is -11.8. The van der Waals surface area contributed by atoms with Crippen LogP contribution in [0.25, 0.3) is 0 Å². The van der Waals surface area contributed by atoms with E-state index in [9.17, 15) is 0 Å². The second kappa shape index (κ2) is 14.5. The average Bonchev–Trinajstić information content (AvgIpc) is 3.13. The zero-order valence-electron chi connectivity index (χ0n) is 24.7. The average molecular weight is 679 g/mol. The van der Waals surface area contributed by atoms with E-state index in [1.807, 2.05) is 36.4 Å². The van der Waals surface area contributed by atoms with Gasteiger partial charge in [0.05, 0.1) is 0 Å². The van der Waals surface area contributed by atoms with Crippen molar-refractivity contribution < 1.29 is 24.4 Å². The first-order valence-corrected chi connectivity index (χ1v) is 20.9. The summed E-state index contributed by atoms with van der Waals surface area (Å²) < 4.78 is 65.4. The minimum atomic E-state index is -3.95. The highest BCUT2D eigenvalue weighted by atomic mass is 31.2. The molecule has 0 spiro atoms. The molecular weight excluding hydrogens is 648 g/mol. The number of benzene rings is 6. The molecule has 6 nitrogen and oxygen atoms in total. The third-order valence-corrected chi connectivity index (χ3v) is 18.8. The fourth-order valence-corrected chi connectivity index (χ4v) is 16.6. The monoisotopic (exact) mass is 678 g/mol. The van der Waals surface area contributed by atoms with Crippen LogP contribution in [0.5, 0.6) is 0 Å². The Morgan fingerprint density at radius 1 is 0.283 bits per heavy atom. The van der Waals surface area contributed by atoms with Crippen molar-refractivity contribution in [1.82, 2.24) is 0 Å². The van der Waals surface area contributed by atoms with Crippen LogP contribution in [0.4, 0.5) is 0 Å². The normalized spacial score (nSPS) is 12.0. The Morgan fingerprint density at radius 2 is 0.435 bits per heavy atom. The highest BCUT2D eigenvalue weighted by molar-refractivity contribution is 7.78. The summed E-state index contributed by atoms with van der Waals surface area (Å²) in [6, 6.07) is 52.6. The molecule has 0 unspecified atom stereocenters. The van der Waals surface area contributed by atoms with Gasteiger partial charge in [0.2, 0.25) is 22.1 Å². The summed E-state index contributed by atoms with van der Waals surface area (Å²) >= 11 is -3.92. The van der Waals surface area contributed by atoms with Gasteiger partial charge in [-0.25, -0.2) is 0 Å².